The van der Waals surface area contributed by atoms with Gasteiger partial charge in [0.05, 0.1) is 0 Å². The molecule has 1 aliphatic carbocycles. The molecule has 1 aliphatic rings. The van der Waals surface area contributed by atoms with E-state index < -0.39 is 0 Å². The molecular formula is C16H19F. The molecule has 1 heteroatoms. The summed E-state index contributed by atoms with van der Waals surface area (Å²) in [4.78, 5) is 0. The van der Waals surface area contributed by atoms with E-state index >= 15 is 0 Å². The Morgan fingerprint density at radius 3 is 2.88 bits per heavy atom. The zero-order valence-corrected chi connectivity index (χ0v) is 10.5. The topological polar surface area (TPSA) is 0 Å². The molecule has 0 heterocycles. The molecule has 2 atom stereocenters. The molecule has 0 nitrogen and oxygen atoms in total. The number of rotatable bonds is 4. The molecule has 0 aliphatic heterocycles. The summed E-state index contributed by atoms with van der Waals surface area (Å²) in [5.74, 6) is 0.703. The zero-order chi connectivity index (χ0) is 12.3. The number of benzene rings is 1. The van der Waals surface area contributed by atoms with E-state index in [0.29, 0.717) is 5.92 Å². The van der Waals surface area contributed by atoms with Gasteiger partial charge in [0.25, 0.3) is 0 Å². The van der Waals surface area contributed by atoms with Crippen molar-refractivity contribution >= 4 is 0 Å². The summed E-state index contributed by atoms with van der Waals surface area (Å²) >= 11 is 0. The van der Waals surface area contributed by atoms with Crippen LogP contribution in [0.1, 0.15) is 38.2 Å². The first kappa shape index (κ1) is 12.1. The highest BCUT2D eigenvalue weighted by Gasteiger charge is 2.15. The van der Waals surface area contributed by atoms with Crippen LogP contribution in [-0.2, 0) is 0 Å². The van der Waals surface area contributed by atoms with Gasteiger partial charge in [0, 0.05) is 5.92 Å². The minimum Gasteiger partial charge on any atom is -0.207 e. The molecule has 0 N–H and O–H groups in total. The number of hydrogen-bond acceptors (Lipinski definition) is 0. The first-order valence-electron chi connectivity index (χ1n) is 6.36. The molecule has 0 spiro atoms. The molecule has 90 valence electrons. The maximum atomic E-state index is 13.2. The van der Waals surface area contributed by atoms with Crippen LogP contribution in [-0.4, -0.2) is 0 Å². The van der Waals surface area contributed by atoms with Crippen LogP contribution in [0.15, 0.2) is 48.1 Å². The Morgan fingerprint density at radius 2 is 2.18 bits per heavy atom. The van der Waals surface area contributed by atoms with Gasteiger partial charge in [-0.3, -0.25) is 0 Å². The smallest absolute Gasteiger partial charge is 0.123 e. The largest absolute Gasteiger partial charge is 0.207 e. The summed E-state index contributed by atoms with van der Waals surface area (Å²) in [7, 11) is 0. The molecule has 0 saturated carbocycles. The maximum absolute atomic E-state index is 13.2. The van der Waals surface area contributed by atoms with Crippen molar-refractivity contribution in [3.05, 3.63) is 59.4 Å². The zero-order valence-electron chi connectivity index (χ0n) is 10.5. The van der Waals surface area contributed by atoms with E-state index in [1.807, 2.05) is 6.07 Å². The number of halogens is 1. The third kappa shape index (κ3) is 2.85. The Morgan fingerprint density at radius 1 is 1.35 bits per heavy atom. The first-order chi connectivity index (χ1) is 8.20. The van der Waals surface area contributed by atoms with Crippen molar-refractivity contribution in [2.24, 2.45) is 5.92 Å². The summed E-state index contributed by atoms with van der Waals surface area (Å²) < 4.78 is 13.2. The molecule has 17 heavy (non-hydrogen) atoms. The van der Waals surface area contributed by atoms with Crippen LogP contribution in [0.25, 0.3) is 0 Å². The molecule has 0 amide bonds. The van der Waals surface area contributed by atoms with E-state index in [-0.39, 0.29) is 11.7 Å². The Bertz CT molecular complexity index is 443. The molecule has 2 rings (SSSR count). The van der Waals surface area contributed by atoms with Gasteiger partial charge in [-0.15, -0.1) is 0 Å². The van der Waals surface area contributed by atoms with Gasteiger partial charge >= 0.3 is 0 Å². The van der Waals surface area contributed by atoms with Crippen molar-refractivity contribution in [1.29, 1.82) is 0 Å². The average Bonchev–Trinajstić information content (AvgIpc) is 2.78. The first-order valence-corrected chi connectivity index (χ1v) is 6.36. The van der Waals surface area contributed by atoms with Gasteiger partial charge in [0.2, 0.25) is 0 Å². The summed E-state index contributed by atoms with van der Waals surface area (Å²) in [6.07, 6.45) is 9.03. The van der Waals surface area contributed by atoms with E-state index in [1.165, 1.54) is 24.5 Å². The quantitative estimate of drug-likeness (QED) is 0.694. The maximum Gasteiger partial charge on any atom is 0.123 e. The van der Waals surface area contributed by atoms with Crippen molar-refractivity contribution in [2.75, 3.05) is 0 Å². The Labute approximate surface area is 103 Å². The molecular weight excluding hydrogens is 211 g/mol. The lowest BCUT2D eigenvalue weighted by atomic mass is 9.95. The van der Waals surface area contributed by atoms with Crippen molar-refractivity contribution in [3.8, 4) is 0 Å². The van der Waals surface area contributed by atoms with Gasteiger partial charge in [0.15, 0.2) is 0 Å². The predicted octanol–water partition coefficient (Wildman–Crippen LogP) is 4.84. The van der Waals surface area contributed by atoms with E-state index in [2.05, 4.69) is 32.1 Å². The lowest BCUT2D eigenvalue weighted by molar-refractivity contribution is 0.612. The second-order valence-electron chi connectivity index (χ2n) is 4.80. The molecule has 0 fully saturated rings. The minimum atomic E-state index is -0.153. The van der Waals surface area contributed by atoms with Crippen molar-refractivity contribution in [1.82, 2.24) is 0 Å². The summed E-state index contributed by atoms with van der Waals surface area (Å²) in [5, 5.41) is 0. The molecule has 0 aromatic heterocycles. The van der Waals surface area contributed by atoms with Crippen LogP contribution in [0.2, 0.25) is 0 Å². The number of hydrogen-bond donors (Lipinski definition) is 0. The Kier molecular flexibility index (Phi) is 3.78. The Balaban J connectivity index is 2.14. The fourth-order valence-corrected chi connectivity index (χ4v) is 2.38. The van der Waals surface area contributed by atoms with Crippen molar-refractivity contribution in [3.63, 3.8) is 0 Å². The van der Waals surface area contributed by atoms with Crippen molar-refractivity contribution in [2.45, 2.75) is 32.6 Å². The normalized spacial score (nSPS) is 20.4. The second-order valence-corrected chi connectivity index (χ2v) is 4.80. The van der Waals surface area contributed by atoms with E-state index in [1.54, 1.807) is 12.1 Å². The molecule has 0 radical (unpaired) electrons. The van der Waals surface area contributed by atoms with Gasteiger partial charge in [-0.2, -0.15) is 0 Å². The minimum absolute atomic E-state index is 0.153. The highest BCUT2D eigenvalue weighted by Crippen LogP contribution is 2.31. The van der Waals surface area contributed by atoms with E-state index in [9.17, 15) is 4.39 Å². The van der Waals surface area contributed by atoms with Crippen LogP contribution in [0.3, 0.4) is 0 Å². The second kappa shape index (κ2) is 5.31. The fourth-order valence-electron chi connectivity index (χ4n) is 2.38. The van der Waals surface area contributed by atoms with E-state index in [4.69, 9.17) is 0 Å². The highest BCUT2D eigenvalue weighted by atomic mass is 19.1. The van der Waals surface area contributed by atoms with Gasteiger partial charge in [-0.05, 0) is 35.6 Å². The van der Waals surface area contributed by atoms with E-state index in [0.717, 1.165) is 5.56 Å². The van der Waals surface area contributed by atoms with Crippen LogP contribution in [0.5, 0.6) is 0 Å². The molecule has 0 saturated heterocycles. The number of allylic oxidation sites excluding steroid dienone is 4. The molecule has 0 bridgehead atoms. The summed E-state index contributed by atoms with van der Waals surface area (Å²) in [6.45, 7) is 4.47. The molecule has 1 aromatic carbocycles. The SMILES string of the molecule is CCCC(C)C1=CC(c2cccc(F)c2)C=C1. The predicted molar refractivity (Wildman–Crippen MR) is 70.4 cm³/mol. The van der Waals surface area contributed by atoms with Crippen LogP contribution < -0.4 is 0 Å². The summed E-state index contributed by atoms with van der Waals surface area (Å²) in [5.41, 5.74) is 2.43. The van der Waals surface area contributed by atoms with Gasteiger partial charge in [0.1, 0.15) is 5.82 Å². The standard InChI is InChI=1S/C16H19F/c1-3-5-12(2)13-8-9-15(10-13)14-6-4-7-16(17)11-14/h4,6-12,15H,3,5H2,1-2H3. The monoisotopic (exact) mass is 230 g/mol. The van der Waals surface area contributed by atoms with Gasteiger partial charge < -0.3 is 0 Å². The third-order valence-corrected chi connectivity index (χ3v) is 3.39. The van der Waals surface area contributed by atoms with Crippen molar-refractivity contribution < 1.29 is 4.39 Å². The lowest BCUT2D eigenvalue weighted by Gasteiger charge is -2.10. The van der Waals surface area contributed by atoms with Crippen LogP contribution in [0.4, 0.5) is 4.39 Å². The van der Waals surface area contributed by atoms with Crippen LogP contribution >= 0.6 is 0 Å². The average molecular weight is 230 g/mol. The van der Waals surface area contributed by atoms with Gasteiger partial charge in [-0.1, -0.05) is 50.6 Å². The van der Waals surface area contributed by atoms with Gasteiger partial charge in [-0.25, -0.2) is 4.39 Å². The highest BCUT2D eigenvalue weighted by molar-refractivity contribution is 5.40. The van der Waals surface area contributed by atoms with Crippen LogP contribution in [0, 0.1) is 11.7 Å². The fraction of sp³-hybridized carbons (Fsp3) is 0.375. The summed E-state index contributed by atoms with van der Waals surface area (Å²) in [6, 6.07) is 6.88. The lowest BCUT2D eigenvalue weighted by Crippen LogP contribution is -1.95. The molecule has 2 unspecified atom stereocenters. The Hall–Kier alpha value is -1.37. The third-order valence-electron chi connectivity index (χ3n) is 3.39. The molecule has 1 aromatic rings.